The van der Waals surface area contributed by atoms with Crippen molar-refractivity contribution in [3.8, 4) is 0 Å². The molecule has 1 N–H and O–H groups in total. The molecule has 0 saturated carbocycles. The van der Waals surface area contributed by atoms with Crippen LogP contribution in [0.3, 0.4) is 0 Å². The number of thiophene rings is 1. The first-order chi connectivity index (χ1) is 9.74. The van der Waals surface area contributed by atoms with Crippen molar-refractivity contribution in [2.75, 3.05) is 6.54 Å². The zero-order valence-corrected chi connectivity index (χ0v) is 13.1. The number of hydrogen-bond donors (Lipinski definition) is 1. The van der Waals surface area contributed by atoms with Gasteiger partial charge in [-0.2, -0.15) is 0 Å². The molecule has 1 aromatic carbocycles. The molecule has 0 aliphatic rings. The van der Waals surface area contributed by atoms with Gasteiger partial charge in [-0.15, -0.1) is 11.3 Å². The summed E-state index contributed by atoms with van der Waals surface area (Å²) in [5, 5.41) is 5.52. The molecule has 1 heterocycles. The lowest BCUT2D eigenvalue weighted by Gasteiger charge is -2.08. The lowest BCUT2D eigenvalue weighted by Crippen LogP contribution is -2.24. The van der Waals surface area contributed by atoms with Crippen LogP contribution in [0.1, 0.15) is 29.9 Å². The highest BCUT2D eigenvalue weighted by Gasteiger charge is 1.98. The second kappa shape index (κ2) is 8.20. The van der Waals surface area contributed by atoms with E-state index in [1.165, 1.54) is 16.0 Å². The van der Waals surface area contributed by atoms with E-state index >= 15 is 0 Å². The van der Waals surface area contributed by atoms with E-state index in [9.17, 15) is 0 Å². The van der Waals surface area contributed by atoms with Gasteiger partial charge in [0.25, 0.3) is 0 Å². The second-order valence-corrected chi connectivity index (χ2v) is 6.28. The molecule has 108 valence electrons. The van der Waals surface area contributed by atoms with Gasteiger partial charge < -0.3 is 10.1 Å². The van der Waals surface area contributed by atoms with Crippen LogP contribution in [0.5, 0.6) is 0 Å². The number of benzene rings is 1. The summed E-state index contributed by atoms with van der Waals surface area (Å²) < 4.78 is 5.71. The van der Waals surface area contributed by atoms with Crippen molar-refractivity contribution in [3.63, 3.8) is 0 Å². The fourth-order valence-corrected chi connectivity index (χ4v) is 2.61. The average Bonchev–Trinajstić information content (AvgIpc) is 2.93. The molecule has 0 saturated heterocycles. The topological polar surface area (TPSA) is 21.3 Å². The van der Waals surface area contributed by atoms with Crippen molar-refractivity contribution in [1.29, 1.82) is 0 Å². The molecular formula is C17H23NOS. The molecule has 0 aliphatic carbocycles. The van der Waals surface area contributed by atoms with Crippen LogP contribution in [-0.2, 0) is 24.4 Å². The minimum Gasteiger partial charge on any atom is -0.371 e. The smallest absolute Gasteiger partial charge is 0.0813 e. The average molecular weight is 289 g/mol. The van der Waals surface area contributed by atoms with Crippen LogP contribution in [0.15, 0.2) is 41.8 Å². The number of rotatable bonds is 8. The van der Waals surface area contributed by atoms with Gasteiger partial charge in [0.15, 0.2) is 0 Å². The van der Waals surface area contributed by atoms with E-state index in [0.717, 1.165) is 13.0 Å². The Morgan fingerprint density at radius 1 is 1.05 bits per heavy atom. The van der Waals surface area contributed by atoms with E-state index in [2.05, 4.69) is 60.9 Å². The third-order valence-corrected chi connectivity index (χ3v) is 3.93. The highest BCUT2D eigenvalue weighted by atomic mass is 32.1. The molecule has 0 radical (unpaired) electrons. The first-order valence-corrected chi connectivity index (χ1v) is 8.03. The number of hydrogen-bond acceptors (Lipinski definition) is 3. The van der Waals surface area contributed by atoms with Crippen LogP contribution < -0.4 is 5.32 Å². The van der Waals surface area contributed by atoms with Crippen molar-refractivity contribution in [2.24, 2.45) is 0 Å². The maximum atomic E-state index is 5.71. The lowest BCUT2D eigenvalue weighted by atomic mass is 10.1. The number of nitrogens with one attached hydrogen (secondary N) is 1. The van der Waals surface area contributed by atoms with Crippen LogP contribution >= 0.6 is 11.3 Å². The quantitative estimate of drug-likeness (QED) is 0.793. The molecular weight excluding hydrogens is 266 g/mol. The van der Waals surface area contributed by atoms with Crippen molar-refractivity contribution in [1.82, 2.24) is 5.32 Å². The molecule has 3 heteroatoms. The maximum Gasteiger partial charge on any atom is 0.0813 e. The zero-order chi connectivity index (χ0) is 14.2. The van der Waals surface area contributed by atoms with E-state index in [4.69, 9.17) is 4.74 Å². The van der Waals surface area contributed by atoms with Crippen LogP contribution in [0.2, 0.25) is 0 Å². The van der Waals surface area contributed by atoms with E-state index in [-0.39, 0.29) is 0 Å². The molecule has 2 aromatic rings. The zero-order valence-electron chi connectivity index (χ0n) is 12.3. The van der Waals surface area contributed by atoms with Crippen LogP contribution in [0, 0.1) is 0 Å². The van der Waals surface area contributed by atoms with E-state index in [1.54, 1.807) is 11.3 Å². The lowest BCUT2D eigenvalue weighted by molar-refractivity contribution is 0.109. The predicted molar refractivity (Wildman–Crippen MR) is 86.1 cm³/mol. The summed E-state index contributed by atoms with van der Waals surface area (Å²) in [5.74, 6) is 0. The minimum absolute atomic E-state index is 0.555. The van der Waals surface area contributed by atoms with E-state index in [1.807, 2.05) is 0 Å². The van der Waals surface area contributed by atoms with E-state index < -0.39 is 0 Å². The Labute approximate surface area is 125 Å². The van der Waals surface area contributed by atoms with Crippen molar-refractivity contribution < 1.29 is 4.74 Å². The Bertz CT molecular complexity index is 476. The third-order valence-electron chi connectivity index (χ3n) is 3.08. The summed E-state index contributed by atoms with van der Waals surface area (Å²) in [6, 6.07) is 13.5. The Hall–Kier alpha value is -1.16. The molecule has 0 spiro atoms. The van der Waals surface area contributed by atoms with Crippen molar-refractivity contribution in [3.05, 3.63) is 57.8 Å². The highest BCUT2D eigenvalue weighted by Crippen LogP contribution is 2.12. The molecule has 0 unspecified atom stereocenters. The van der Waals surface area contributed by atoms with Gasteiger partial charge in [-0.25, -0.2) is 0 Å². The van der Waals surface area contributed by atoms with Crippen LogP contribution in [0.25, 0.3) is 0 Å². The first kappa shape index (κ1) is 15.2. The second-order valence-electron chi connectivity index (χ2n) is 5.25. The van der Waals surface area contributed by atoms with Crippen LogP contribution in [-0.4, -0.2) is 12.6 Å². The van der Waals surface area contributed by atoms with Gasteiger partial charge in [-0.3, -0.25) is 0 Å². The summed E-state index contributed by atoms with van der Waals surface area (Å²) in [5.41, 5.74) is 2.61. The largest absolute Gasteiger partial charge is 0.371 e. The Morgan fingerprint density at radius 3 is 2.45 bits per heavy atom. The van der Waals surface area contributed by atoms with Gasteiger partial charge in [0.2, 0.25) is 0 Å². The van der Waals surface area contributed by atoms with Gasteiger partial charge in [0.1, 0.15) is 0 Å². The molecule has 2 rings (SSSR count). The van der Waals surface area contributed by atoms with Gasteiger partial charge in [-0.1, -0.05) is 44.2 Å². The SMILES string of the molecule is CC(C)NCCc1ccc(COCc2cccs2)cc1. The Balaban J connectivity index is 1.71. The molecule has 0 aliphatic heterocycles. The summed E-state index contributed by atoms with van der Waals surface area (Å²) >= 11 is 1.74. The molecule has 0 fully saturated rings. The number of ether oxygens (including phenoxy) is 1. The van der Waals surface area contributed by atoms with Crippen molar-refractivity contribution >= 4 is 11.3 Å². The fraction of sp³-hybridized carbons (Fsp3) is 0.412. The van der Waals surface area contributed by atoms with Gasteiger partial charge >= 0.3 is 0 Å². The molecule has 1 aromatic heterocycles. The summed E-state index contributed by atoms with van der Waals surface area (Å²) in [7, 11) is 0. The van der Waals surface area contributed by atoms with Gasteiger partial charge in [0, 0.05) is 10.9 Å². The molecule has 0 atom stereocenters. The summed E-state index contributed by atoms with van der Waals surface area (Å²) in [6.45, 7) is 6.77. The molecule has 20 heavy (non-hydrogen) atoms. The normalized spacial score (nSPS) is 11.2. The van der Waals surface area contributed by atoms with E-state index in [0.29, 0.717) is 19.3 Å². The summed E-state index contributed by atoms with van der Waals surface area (Å²) in [4.78, 5) is 1.28. The summed E-state index contributed by atoms with van der Waals surface area (Å²) in [6.07, 6.45) is 1.08. The van der Waals surface area contributed by atoms with Gasteiger partial charge in [0.05, 0.1) is 13.2 Å². The monoisotopic (exact) mass is 289 g/mol. The van der Waals surface area contributed by atoms with Crippen molar-refractivity contribution in [2.45, 2.75) is 39.5 Å². The molecule has 0 bridgehead atoms. The van der Waals surface area contributed by atoms with Crippen LogP contribution in [0.4, 0.5) is 0 Å². The Morgan fingerprint density at radius 2 is 1.80 bits per heavy atom. The minimum atomic E-state index is 0.555. The molecule has 0 amide bonds. The predicted octanol–water partition coefficient (Wildman–Crippen LogP) is 4.01. The maximum absolute atomic E-state index is 5.71. The Kier molecular flexibility index (Phi) is 6.25. The standard InChI is InChI=1S/C17H23NOS/c1-14(2)18-10-9-15-5-7-16(8-6-15)12-19-13-17-4-3-11-20-17/h3-8,11,14,18H,9-10,12-13H2,1-2H3. The fourth-order valence-electron chi connectivity index (χ4n) is 1.97. The first-order valence-electron chi connectivity index (χ1n) is 7.15. The highest BCUT2D eigenvalue weighted by molar-refractivity contribution is 7.09. The third kappa shape index (κ3) is 5.45. The van der Waals surface area contributed by atoms with Gasteiger partial charge in [-0.05, 0) is 35.5 Å². The molecule has 2 nitrogen and oxygen atoms in total.